The van der Waals surface area contributed by atoms with Crippen molar-refractivity contribution < 1.29 is 27.9 Å². The first kappa shape index (κ1) is 24.4. The first-order valence-corrected chi connectivity index (χ1v) is 12.1. The van der Waals surface area contributed by atoms with Gasteiger partial charge < -0.3 is 24.1 Å². The number of furan rings is 1. The zero-order valence-electron chi connectivity index (χ0n) is 20.8. The smallest absolute Gasteiger partial charge is 0.255 e. The Morgan fingerprint density at radius 1 is 1.05 bits per heavy atom. The number of ether oxygens (including phenoxy) is 2. The normalized spacial score (nSPS) is 15.1. The summed E-state index contributed by atoms with van der Waals surface area (Å²) in [5.41, 5.74) is 2.47. The van der Waals surface area contributed by atoms with E-state index >= 15 is 0 Å². The van der Waals surface area contributed by atoms with Crippen LogP contribution in [0.25, 0.3) is 22.3 Å². The summed E-state index contributed by atoms with van der Waals surface area (Å²) in [7, 11) is 3.15. The molecule has 0 spiro atoms. The van der Waals surface area contributed by atoms with Gasteiger partial charge in [-0.05, 0) is 73.5 Å². The van der Waals surface area contributed by atoms with E-state index in [1.165, 1.54) is 12.1 Å². The van der Waals surface area contributed by atoms with E-state index in [2.05, 4.69) is 5.32 Å². The largest absolute Gasteiger partial charge is 0.496 e. The van der Waals surface area contributed by atoms with Gasteiger partial charge in [-0.3, -0.25) is 9.59 Å². The molecular formula is C29H27FN2O5. The van der Waals surface area contributed by atoms with Gasteiger partial charge >= 0.3 is 0 Å². The summed E-state index contributed by atoms with van der Waals surface area (Å²) in [5, 5.41) is 3.32. The molecule has 0 radical (unpaired) electrons. The number of nitrogens with zero attached hydrogens (tertiary/aromatic N) is 1. The quantitative estimate of drug-likeness (QED) is 0.345. The summed E-state index contributed by atoms with van der Waals surface area (Å²) >= 11 is 0. The molecule has 37 heavy (non-hydrogen) atoms. The van der Waals surface area contributed by atoms with Crippen molar-refractivity contribution in [2.75, 3.05) is 20.7 Å². The van der Waals surface area contributed by atoms with E-state index < -0.39 is 0 Å². The standard InChI is InChI=1S/C29H27FN2O5/c1-17(33)32-14-4-5-24(32)22-15-26-23(16-25(22)35-3)27(29(34)31-2)28(37-26)18-6-10-20(11-7-18)36-21-12-8-19(30)9-13-21/h6-13,15-16,24H,4-5,14H2,1-3H3,(H,31,34). The van der Waals surface area contributed by atoms with Crippen molar-refractivity contribution in [1.29, 1.82) is 0 Å². The lowest BCUT2D eigenvalue weighted by molar-refractivity contribution is -0.129. The fraction of sp³-hybridized carbons (Fsp3) is 0.241. The summed E-state index contributed by atoms with van der Waals surface area (Å²) in [6, 6.07) is 16.5. The number of carbonyl (C=O) groups is 2. The number of likely N-dealkylation sites (tertiary alicyclic amines) is 1. The van der Waals surface area contributed by atoms with E-state index in [0.717, 1.165) is 18.4 Å². The molecule has 2 amide bonds. The molecule has 0 saturated carbocycles. The van der Waals surface area contributed by atoms with Crippen LogP contribution in [0.1, 0.15) is 41.7 Å². The zero-order valence-corrected chi connectivity index (χ0v) is 20.8. The van der Waals surface area contributed by atoms with Crippen LogP contribution in [0, 0.1) is 5.82 Å². The molecule has 5 rings (SSSR count). The van der Waals surface area contributed by atoms with E-state index in [0.29, 0.717) is 51.6 Å². The Morgan fingerprint density at radius 2 is 1.73 bits per heavy atom. The molecule has 1 unspecified atom stereocenters. The second-order valence-corrected chi connectivity index (χ2v) is 8.93. The van der Waals surface area contributed by atoms with Crippen molar-refractivity contribution in [3.05, 3.63) is 77.6 Å². The predicted octanol–water partition coefficient (Wildman–Crippen LogP) is 6.08. The number of hydrogen-bond donors (Lipinski definition) is 1. The number of rotatable bonds is 6. The number of fused-ring (bicyclic) bond motifs is 1. The number of amides is 2. The number of benzene rings is 3. The Labute approximate surface area is 213 Å². The monoisotopic (exact) mass is 502 g/mol. The molecule has 0 aliphatic carbocycles. The Balaban J connectivity index is 1.56. The summed E-state index contributed by atoms with van der Waals surface area (Å²) in [5.74, 6) is 1.47. The van der Waals surface area contributed by atoms with Gasteiger partial charge in [-0.15, -0.1) is 0 Å². The van der Waals surface area contributed by atoms with E-state index in [1.54, 1.807) is 57.5 Å². The van der Waals surface area contributed by atoms with Crippen LogP contribution in [-0.4, -0.2) is 37.4 Å². The van der Waals surface area contributed by atoms with E-state index in [9.17, 15) is 14.0 Å². The minimum absolute atomic E-state index is 0.0128. The molecule has 190 valence electrons. The molecule has 3 aromatic carbocycles. The Kier molecular flexibility index (Phi) is 6.56. The first-order chi connectivity index (χ1) is 17.9. The number of carbonyl (C=O) groups excluding carboxylic acids is 2. The maximum atomic E-state index is 13.2. The molecule has 0 bridgehead atoms. The molecule has 2 heterocycles. The van der Waals surface area contributed by atoms with Crippen molar-refractivity contribution in [3.8, 4) is 28.6 Å². The van der Waals surface area contributed by atoms with Crippen LogP contribution in [0.15, 0.2) is 65.1 Å². The van der Waals surface area contributed by atoms with Crippen molar-refractivity contribution in [2.45, 2.75) is 25.8 Å². The van der Waals surface area contributed by atoms with Gasteiger partial charge in [-0.2, -0.15) is 0 Å². The Bertz CT molecular complexity index is 1460. The average Bonchev–Trinajstić information content (AvgIpc) is 3.54. The third kappa shape index (κ3) is 4.62. The van der Waals surface area contributed by atoms with E-state index in [1.807, 2.05) is 17.0 Å². The lowest BCUT2D eigenvalue weighted by atomic mass is 9.99. The highest BCUT2D eigenvalue weighted by molar-refractivity contribution is 6.11. The van der Waals surface area contributed by atoms with Gasteiger partial charge in [0.05, 0.1) is 18.7 Å². The first-order valence-electron chi connectivity index (χ1n) is 12.1. The number of hydrogen-bond acceptors (Lipinski definition) is 5. The summed E-state index contributed by atoms with van der Waals surface area (Å²) < 4.78 is 30.9. The van der Waals surface area contributed by atoms with Crippen LogP contribution < -0.4 is 14.8 Å². The molecule has 1 saturated heterocycles. The summed E-state index contributed by atoms with van der Waals surface area (Å²) in [6.07, 6.45) is 1.73. The van der Waals surface area contributed by atoms with Gasteiger partial charge in [0.25, 0.3) is 5.91 Å². The zero-order chi connectivity index (χ0) is 26.1. The number of halogens is 1. The van der Waals surface area contributed by atoms with Crippen molar-refractivity contribution in [1.82, 2.24) is 10.2 Å². The molecule has 1 aliphatic rings. The topological polar surface area (TPSA) is 81.0 Å². The van der Waals surface area contributed by atoms with Gasteiger partial charge in [0.2, 0.25) is 5.91 Å². The van der Waals surface area contributed by atoms with Gasteiger partial charge in [-0.25, -0.2) is 4.39 Å². The van der Waals surface area contributed by atoms with Crippen LogP contribution >= 0.6 is 0 Å². The van der Waals surface area contributed by atoms with Crippen LogP contribution in [0.4, 0.5) is 4.39 Å². The minimum Gasteiger partial charge on any atom is -0.496 e. The third-order valence-electron chi connectivity index (χ3n) is 6.68. The van der Waals surface area contributed by atoms with Gasteiger partial charge in [0.1, 0.15) is 34.4 Å². The molecule has 1 atom stereocenters. The second kappa shape index (κ2) is 9.97. The van der Waals surface area contributed by atoms with Crippen LogP contribution in [0.5, 0.6) is 17.2 Å². The average molecular weight is 503 g/mol. The van der Waals surface area contributed by atoms with Crippen molar-refractivity contribution in [3.63, 3.8) is 0 Å². The molecule has 7 nitrogen and oxygen atoms in total. The lowest BCUT2D eigenvalue weighted by Crippen LogP contribution is -2.28. The highest BCUT2D eigenvalue weighted by Crippen LogP contribution is 2.43. The van der Waals surface area contributed by atoms with Gasteiger partial charge in [-0.1, -0.05) is 0 Å². The fourth-order valence-corrected chi connectivity index (χ4v) is 4.91. The van der Waals surface area contributed by atoms with Gasteiger partial charge in [0.15, 0.2) is 0 Å². The predicted molar refractivity (Wildman–Crippen MR) is 137 cm³/mol. The van der Waals surface area contributed by atoms with Gasteiger partial charge in [0, 0.05) is 37.0 Å². The SMILES string of the molecule is CNC(=O)c1c(-c2ccc(Oc3ccc(F)cc3)cc2)oc2cc(C3CCCN3C(C)=O)c(OC)cc12. The highest BCUT2D eigenvalue weighted by atomic mass is 19.1. The van der Waals surface area contributed by atoms with E-state index in [4.69, 9.17) is 13.9 Å². The minimum atomic E-state index is -0.337. The molecule has 1 N–H and O–H groups in total. The molecule has 4 aromatic rings. The van der Waals surface area contributed by atoms with Crippen LogP contribution in [-0.2, 0) is 4.79 Å². The Hall–Kier alpha value is -4.33. The van der Waals surface area contributed by atoms with Crippen LogP contribution in [0.2, 0.25) is 0 Å². The molecular weight excluding hydrogens is 475 g/mol. The maximum Gasteiger partial charge on any atom is 0.255 e. The Morgan fingerprint density at radius 3 is 2.35 bits per heavy atom. The molecule has 1 fully saturated rings. The van der Waals surface area contributed by atoms with Crippen molar-refractivity contribution in [2.24, 2.45) is 0 Å². The molecule has 8 heteroatoms. The maximum absolute atomic E-state index is 13.2. The number of nitrogens with one attached hydrogen (secondary N) is 1. The molecule has 1 aromatic heterocycles. The number of methoxy groups -OCH3 is 1. The van der Waals surface area contributed by atoms with Crippen molar-refractivity contribution >= 4 is 22.8 Å². The third-order valence-corrected chi connectivity index (χ3v) is 6.68. The summed E-state index contributed by atoms with van der Waals surface area (Å²) in [6.45, 7) is 2.27. The van der Waals surface area contributed by atoms with Crippen LogP contribution in [0.3, 0.4) is 0 Å². The highest BCUT2D eigenvalue weighted by Gasteiger charge is 2.32. The molecule has 1 aliphatic heterocycles. The lowest BCUT2D eigenvalue weighted by Gasteiger charge is -2.25. The van der Waals surface area contributed by atoms with E-state index in [-0.39, 0.29) is 23.7 Å². The second-order valence-electron chi connectivity index (χ2n) is 8.93. The fourth-order valence-electron chi connectivity index (χ4n) is 4.91. The summed E-state index contributed by atoms with van der Waals surface area (Å²) in [4.78, 5) is 27.0.